The molecule has 10 heavy (non-hydrogen) atoms. The Bertz CT molecular complexity index is 198. The van der Waals surface area contributed by atoms with Gasteiger partial charge in [0.25, 0.3) is 5.90 Å². The number of rotatable bonds is 0. The molecule has 0 amide bonds. The van der Waals surface area contributed by atoms with Gasteiger partial charge in [-0.05, 0) is 0 Å². The van der Waals surface area contributed by atoms with E-state index >= 15 is 0 Å². The van der Waals surface area contributed by atoms with Gasteiger partial charge in [0.15, 0.2) is 0 Å². The topological polar surface area (TPSA) is 57.7 Å². The summed E-state index contributed by atoms with van der Waals surface area (Å²) < 4.78 is 5.22. The number of nitrogens with one attached hydrogen (secondary N) is 3. The highest BCUT2D eigenvalue weighted by Gasteiger charge is 2.15. The van der Waals surface area contributed by atoms with Crippen LogP contribution in [0.25, 0.3) is 0 Å². The predicted octanol–water partition coefficient (Wildman–Crippen LogP) is -1.13. The molecule has 0 aromatic heterocycles. The molecule has 0 bridgehead atoms. The van der Waals surface area contributed by atoms with E-state index in [4.69, 9.17) is 4.74 Å². The molecule has 0 aliphatic carbocycles. The Balaban J connectivity index is 2.21. The summed E-state index contributed by atoms with van der Waals surface area (Å²) in [4.78, 5) is 0. The molecule has 3 N–H and O–H groups in total. The number of hydrogen-bond acceptors (Lipinski definition) is 5. The lowest BCUT2D eigenvalue weighted by Gasteiger charge is -1.97. The van der Waals surface area contributed by atoms with E-state index in [0.717, 1.165) is 12.2 Å². The summed E-state index contributed by atoms with van der Waals surface area (Å²) in [7, 11) is 0. The van der Waals surface area contributed by atoms with Crippen LogP contribution in [-0.2, 0) is 4.74 Å². The predicted molar refractivity (Wildman–Crippen MR) is 35.7 cm³/mol. The van der Waals surface area contributed by atoms with Crippen LogP contribution in [0.15, 0.2) is 17.0 Å². The van der Waals surface area contributed by atoms with Crippen LogP contribution in [0.2, 0.25) is 0 Å². The van der Waals surface area contributed by atoms with Gasteiger partial charge in [0.2, 0.25) is 0 Å². The Labute approximate surface area is 58.1 Å². The Morgan fingerprint density at radius 1 is 1.60 bits per heavy atom. The van der Waals surface area contributed by atoms with Gasteiger partial charge in [-0.1, -0.05) is 0 Å². The van der Waals surface area contributed by atoms with Crippen molar-refractivity contribution in [3.63, 3.8) is 0 Å². The van der Waals surface area contributed by atoms with Crippen molar-refractivity contribution in [3.05, 3.63) is 11.9 Å². The van der Waals surface area contributed by atoms with Crippen LogP contribution >= 0.6 is 0 Å². The first-order valence-electron chi connectivity index (χ1n) is 3.12. The molecule has 0 aromatic carbocycles. The van der Waals surface area contributed by atoms with E-state index in [1.54, 1.807) is 0 Å². The van der Waals surface area contributed by atoms with Gasteiger partial charge in [-0.3, -0.25) is 5.43 Å². The lowest BCUT2D eigenvalue weighted by Crippen LogP contribution is -2.21. The lowest BCUT2D eigenvalue weighted by atomic mass is 10.5. The first kappa shape index (κ1) is 5.40. The van der Waals surface area contributed by atoms with Gasteiger partial charge in [-0.25, -0.2) is 5.53 Å². The highest BCUT2D eigenvalue weighted by molar-refractivity contribution is 5.93. The van der Waals surface area contributed by atoms with E-state index in [1.165, 1.54) is 0 Å². The van der Waals surface area contributed by atoms with Crippen LogP contribution in [0.4, 0.5) is 0 Å². The Morgan fingerprint density at radius 2 is 2.60 bits per heavy atom. The molecule has 5 heteroatoms. The zero-order valence-corrected chi connectivity index (χ0v) is 5.35. The maximum atomic E-state index is 5.22. The molecule has 5 nitrogen and oxygen atoms in total. The second-order valence-corrected chi connectivity index (χ2v) is 2.01. The Morgan fingerprint density at radius 3 is 3.60 bits per heavy atom. The minimum Gasteiger partial charge on any atom is -0.473 e. The van der Waals surface area contributed by atoms with Gasteiger partial charge in [0.1, 0.15) is 12.3 Å². The van der Waals surface area contributed by atoms with Crippen molar-refractivity contribution < 1.29 is 4.74 Å². The molecule has 54 valence electrons. The number of nitrogens with zero attached hydrogens (tertiary/aromatic N) is 1. The fourth-order valence-electron chi connectivity index (χ4n) is 0.841. The number of hydrazine groups is 1. The largest absolute Gasteiger partial charge is 0.473 e. The second kappa shape index (κ2) is 2.09. The zero-order chi connectivity index (χ0) is 6.81. The third-order valence-corrected chi connectivity index (χ3v) is 1.31. The third-order valence-electron chi connectivity index (χ3n) is 1.31. The first-order valence-corrected chi connectivity index (χ1v) is 3.12. The van der Waals surface area contributed by atoms with Gasteiger partial charge < -0.3 is 10.1 Å². The van der Waals surface area contributed by atoms with E-state index in [9.17, 15) is 0 Å². The average Bonchev–Trinajstić information content (AvgIpc) is 2.28. The molecule has 0 saturated heterocycles. The summed E-state index contributed by atoms with van der Waals surface area (Å²) in [5.74, 6) is 0.630. The van der Waals surface area contributed by atoms with Gasteiger partial charge >= 0.3 is 0 Å². The van der Waals surface area contributed by atoms with Crippen molar-refractivity contribution >= 4 is 5.90 Å². The minimum absolute atomic E-state index is 0.630. The number of hydrogen-bond donors (Lipinski definition) is 3. The summed E-state index contributed by atoms with van der Waals surface area (Å²) in [5.41, 5.74) is 6.27. The average molecular weight is 140 g/mol. The molecular weight excluding hydrogens is 132 g/mol. The Hall–Kier alpha value is -1.39. The molecule has 2 aliphatic rings. The molecule has 0 spiro atoms. The SMILES string of the molecule is C1=C2NNN=C2OCCN1. The number of fused-ring (bicyclic) bond motifs is 1. The number of hydrazone groups is 1. The van der Waals surface area contributed by atoms with Crippen molar-refractivity contribution in [3.8, 4) is 0 Å². The van der Waals surface area contributed by atoms with E-state index in [2.05, 4.69) is 21.4 Å². The first-order chi connectivity index (χ1) is 4.97. The maximum absolute atomic E-state index is 5.22. The molecule has 0 atom stereocenters. The molecule has 2 rings (SSSR count). The summed E-state index contributed by atoms with van der Waals surface area (Å²) in [6.45, 7) is 1.48. The highest BCUT2D eigenvalue weighted by Crippen LogP contribution is 2.00. The summed E-state index contributed by atoms with van der Waals surface area (Å²) in [5, 5.41) is 6.89. The summed E-state index contributed by atoms with van der Waals surface area (Å²) >= 11 is 0. The second-order valence-electron chi connectivity index (χ2n) is 2.01. The van der Waals surface area contributed by atoms with Gasteiger partial charge in [0.05, 0.1) is 0 Å². The summed E-state index contributed by atoms with van der Waals surface area (Å²) in [6, 6.07) is 0. The van der Waals surface area contributed by atoms with Gasteiger partial charge in [-0.2, -0.15) is 0 Å². The molecule has 2 aliphatic heterocycles. The highest BCUT2D eigenvalue weighted by atomic mass is 16.5. The number of ether oxygens (including phenoxy) is 1. The fourth-order valence-corrected chi connectivity index (χ4v) is 0.841. The van der Waals surface area contributed by atoms with Crippen LogP contribution in [-0.4, -0.2) is 19.0 Å². The molecule has 0 aromatic rings. The van der Waals surface area contributed by atoms with Crippen molar-refractivity contribution in [1.29, 1.82) is 0 Å². The molecule has 0 radical (unpaired) electrons. The molecule has 0 fully saturated rings. The van der Waals surface area contributed by atoms with Crippen molar-refractivity contribution in [1.82, 2.24) is 16.3 Å². The minimum atomic E-state index is 0.630. The lowest BCUT2D eigenvalue weighted by molar-refractivity contribution is 0.313. The van der Waals surface area contributed by atoms with Crippen molar-refractivity contribution in [2.24, 2.45) is 5.10 Å². The molecule has 0 unspecified atom stereocenters. The molecule has 0 saturated carbocycles. The zero-order valence-electron chi connectivity index (χ0n) is 5.35. The third kappa shape index (κ3) is 0.754. The van der Waals surface area contributed by atoms with E-state index in [0.29, 0.717) is 12.5 Å². The van der Waals surface area contributed by atoms with E-state index in [1.807, 2.05) is 6.20 Å². The van der Waals surface area contributed by atoms with Crippen molar-refractivity contribution in [2.75, 3.05) is 13.2 Å². The van der Waals surface area contributed by atoms with Crippen LogP contribution in [0.3, 0.4) is 0 Å². The Kier molecular flexibility index (Phi) is 1.13. The van der Waals surface area contributed by atoms with Crippen molar-refractivity contribution in [2.45, 2.75) is 0 Å². The van der Waals surface area contributed by atoms with Crippen LogP contribution in [0, 0.1) is 0 Å². The van der Waals surface area contributed by atoms with Gasteiger partial charge in [0, 0.05) is 12.7 Å². The van der Waals surface area contributed by atoms with E-state index in [-0.39, 0.29) is 0 Å². The van der Waals surface area contributed by atoms with Crippen LogP contribution in [0.5, 0.6) is 0 Å². The maximum Gasteiger partial charge on any atom is 0.259 e. The molecular formula is C5H8N4O. The summed E-state index contributed by atoms with van der Waals surface area (Å²) in [6.07, 6.45) is 1.84. The monoisotopic (exact) mass is 140 g/mol. The van der Waals surface area contributed by atoms with E-state index < -0.39 is 0 Å². The van der Waals surface area contributed by atoms with Crippen LogP contribution in [0.1, 0.15) is 0 Å². The van der Waals surface area contributed by atoms with Crippen LogP contribution < -0.4 is 16.3 Å². The fraction of sp³-hybridized carbons (Fsp3) is 0.400. The van der Waals surface area contributed by atoms with Gasteiger partial charge in [-0.15, -0.1) is 5.10 Å². The standard InChI is InChI=1S/C5H8N4O/c1-2-10-5-4(3-6-1)7-9-8-5/h3,6-7,9H,1-2H2. The normalized spacial score (nSPS) is 21.6. The quantitative estimate of drug-likeness (QED) is 0.398. The smallest absolute Gasteiger partial charge is 0.259 e. The molecule has 2 heterocycles.